The highest BCUT2D eigenvalue weighted by molar-refractivity contribution is 5.96. The fourth-order valence-electron chi connectivity index (χ4n) is 16.0. The second kappa shape index (κ2) is 30.1. The number of esters is 7. The second-order valence-corrected chi connectivity index (χ2v) is 26.5. The van der Waals surface area contributed by atoms with Gasteiger partial charge in [0.15, 0.2) is 0 Å². The van der Waals surface area contributed by atoms with Gasteiger partial charge in [-0.25, -0.2) is 0 Å². The Balaban J connectivity index is 0.000000188. The number of fused-ring (bicyclic) bond motifs is 4. The highest BCUT2D eigenvalue weighted by Gasteiger charge is 2.55. The van der Waals surface area contributed by atoms with E-state index in [1.807, 2.05) is 0 Å². The lowest BCUT2D eigenvalue weighted by Gasteiger charge is -2.41. The molecule has 15 unspecified atom stereocenters. The molecule has 2 aliphatic heterocycles. The smallest absolute Gasteiger partial charge is 0.317 e. The molecule has 0 aromatic carbocycles. The van der Waals surface area contributed by atoms with Gasteiger partial charge in [0.25, 0.3) is 0 Å². The summed E-state index contributed by atoms with van der Waals surface area (Å²) in [6.45, 7) is 20.6. The molecule has 10 rings (SSSR count). The highest BCUT2D eigenvalue weighted by atomic mass is 16.6. The first-order valence-electron chi connectivity index (χ1n) is 31.4. The summed E-state index contributed by atoms with van der Waals surface area (Å²) in [4.78, 5) is 79.3. The molecule has 78 heavy (non-hydrogen) atoms. The summed E-state index contributed by atoms with van der Waals surface area (Å²) in [5, 5.41) is 8.61. The van der Waals surface area contributed by atoms with Gasteiger partial charge in [0.2, 0.25) is 0 Å². The number of carbonyl (C=O) groups excluding carboxylic acids is 7. The van der Waals surface area contributed by atoms with E-state index < -0.39 is 23.9 Å². The number of hydrogen-bond acceptors (Lipinski definition) is 13. The Hall–Kier alpha value is -3.35. The van der Waals surface area contributed by atoms with Gasteiger partial charge in [-0.2, -0.15) is 0 Å². The fourth-order valence-corrected chi connectivity index (χ4v) is 16.0. The van der Waals surface area contributed by atoms with Crippen LogP contribution < -0.4 is 0 Å². The highest BCUT2D eigenvalue weighted by Crippen LogP contribution is 2.57. The zero-order chi connectivity index (χ0) is 56.2. The molecule has 0 radical (unpaired) electrons. The van der Waals surface area contributed by atoms with Crippen LogP contribution in [0.15, 0.2) is 0 Å². The van der Waals surface area contributed by atoms with Crippen molar-refractivity contribution in [3.05, 3.63) is 0 Å². The number of hydrogen-bond donors (Lipinski definition) is 1. The third kappa shape index (κ3) is 16.0. The van der Waals surface area contributed by atoms with Crippen LogP contribution in [0.3, 0.4) is 0 Å². The number of rotatable bonds is 13. The monoisotopic (exact) mass is 1100 g/mol. The number of aliphatic hydroxyl groups excluding tert-OH is 1. The van der Waals surface area contributed by atoms with Crippen molar-refractivity contribution in [3.63, 3.8) is 0 Å². The number of aliphatic hydroxyl groups is 1. The summed E-state index contributed by atoms with van der Waals surface area (Å²) < 4.78 is 26.2. The van der Waals surface area contributed by atoms with E-state index in [4.69, 9.17) is 19.3 Å². The van der Waals surface area contributed by atoms with Crippen molar-refractivity contribution in [2.45, 2.75) is 255 Å². The SMILES string of the molecule is C.CC1C(=O)OC(=O)C1C.CC1C(=O)OC(=O)C1C.CC1C2CC(C(=O)OC3(C4CCCCC4)CCCC3)C(C2)C1C.CC1C2CC(C(=O)OCCO)C(C2)C1C.CCCC(C)CCC(=O)OC1(C2CCCCC2)CCCC1. The molecule has 10 fully saturated rings. The molecule has 2 saturated heterocycles. The minimum Gasteiger partial charge on any atom is -0.463 e. The molecule has 15 atom stereocenters. The largest absolute Gasteiger partial charge is 0.463 e. The Morgan fingerprint density at radius 2 is 0.923 bits per heavy atom. The number of ether oxygens (including phenoxy) is 5. The van der Waals surface area contributed by atoms with Crippen LogP contribution in [0.4, 0.5) is 0 Å². The number of cyclic esters (lactones) is 4. The van der Waals surface area contributed by atoms with Crippen LogP contribution >= 0.6 is 0 Å². The fraction of sp³-hybridized carbons (Fsp3) is 0.892. The number of carbonyl (C=O) groups is 7. The van der Waals surface area contributed by atoms with Gasteiger partial charge in [0.1, 0.15) is 17.8 Å². The van der Waals surface area contributed by atoms with Crippen molar-refractivity contribution in [1.29, 1.82) is 0 Å². The minimum absolute atomic E-state index is 0. The van der Waals surface area contributed by atoms with E-state index in [9.17, 15) is 33.6 Å². The van der Waals surface area contributed by atoms with Crippen LogP contribution in [0.25, 0.3) is 0 Å². The molecule has 13 nitrogen and oxygen atoms in total. The molecule has 4 bridgehead atoms. The van der Waals surface area contributed by atoms with Gasteiger partial charge in [0, 0.05) is 6.42 Å². The summed E-state index contributed by atoms with van der Waals surface area (Å²) in [6.07, 6.45) is 31.4. The normalized spacial score (nSPS) is 35.5. The van der Waals surface area contributed by atoms with Crippen LogP contribution in [0.5, 0.6) is 0 Å². The lowest BCUT2D eigenvalue weighted by Crippen LogP contribution is -2.44. The van der Waals surface area contributed by atoms with Gasteiger partial charge in [-0.05, 0) is 174 Å². The van der Waals surface area contributed by atoms with Crippen molar-refractivity contribution in [2.24, 2.45) is 101 Å². The summed E-state index contributed by atoms with van der Waals surface area (Å²) in [5.41, 5.74) is -0.153. The summed E-state index contributed by atoms with van der Waals surface area (Å²) in [5.74, 6) is 5.40. The van der Waals surface area contributed by atoms with Crippen molar-refractivity contribution < 1.29 is 62.4 Å². The first kappa shape index (κ1) is 65.5. The Kier molecular flexibility index (Phi) is 25.3. The lowest BCUT2D eigenvalue weighted by molar-refractivity contribution is -0.175. The van der Waals surface area contributed by atoms with Gasteiger partial charge < -0.3 is 28.8 Å². The summed E-state index contributed by atoms with van der Waals surface area (Å²) >= 11 is 0. The van der Waals surface area contributed by atoms with E-state index in [1.165, 1.54) is 116 Å². The Morgan fingerprint density at radius 3 is 1.26 bits per heavy atom. The Morgan fingerprint density at radius 1 is 0.538 bits per heavy atom. The summed E-state index contributed by atoms with van der Waals surface area (Å²) in [7, 11) is 0. The molecule has 8 aliphatic carbocycles. The first-order chi connectivity index (χ1) is 36.7. The maximum absolute atomic E-state index is 13.1. The zero-order valence-electron chi connectivity index (χ0n) is 49.5. The van der Waals surface area contributed by atoms with E-state index >= 15 is 0 Å². The molecule has 0 aromatic heterocycles. The molecule has 446 valence electrons. The molecule has 10 aliphatic rings. The van der Waals surface area contributed by atoms with Crippen LogP contribution in [0, 0.1) is 101 Å². The minimum atomic E-state index is -0.396. The van der Waals surface area contributed by atoms with Gasteiger partial charge in [-0.1, -0.05) is 128 Å². The maximum atomic E-state index is 13.1. The first-order valence-corrected chi connectivity index (χ1v) is 31.4. The molecule has 0 aromatic rings. The predicted molar refractivity (Wildman–Crippen MR) is 301 cm³/mol. The Labute approximate surface area is 471 Å². The van der Waals surface area contributed by atoms with E-state index in [2.05, 4.69) is 51.0 Å². The van der Waals surface area contributed by atoms with Gasteiger partial charge >= 0.3 is 41.8 Å². The molecule has 0 spiro atoms. The molecular formula is C65H108O13. The lowest BCUT2D eigenvalue weighted by atomic mass is 9.74. The van der Waals surface area contributed by atoms with Crippen molar-refractivity contribution >= 4 is 41.8 Å². The van der Waals surface area contributed by atoms with E-state index in [0.29, 0.717) is 47.8 Å². The van der Waals surface area contributed by atoms with Gasteiger partial charge in [-0.3, -0.25) is 33.6 Å². The third-order valence-corrected chi connectivity index (χ3v) is 22.0. The van der Waals surface area contributed by atoms with Crippen LogP contribution in [-0.4, -0.2) is 71.3 Å². The van der Waals surface area contributed by atoms with Gasteiger partial charge in [0.05, 0.1) is 42.1 Å². The maximum Gasteiger partial charge on any atom is 0.317 e. The van der Waals surface area contributed by atoms with Crippen LogP contribution in [0.2, 0.25) is 0 Å². The molecule has 2 heterocycles. The van der Waals surface area contributed by atoms with E-state index in [-0.39, 0.29) is 85.3 Å². The average molecular weight is 1100 g/mol. The van der Waals surface area contributed by atoms with Crippen molar-refractivity contribution in [2.75, 3.05) is 13.2 Å². The average Bonchev–Trinajstić information content (AvgIpc) is 4.43. The van der Waals surface area contributed by atoms with Crippen molar-refractivity contribution in [3.8, 4) is 0 Å². The molecular weight excluding hydrogens is 989 g/mol. The standard InChI is InChI=1S/C21H34O2.C19H34O2.C12H20O3.2C6H8O3.CH4/c1-14-15(2)18-12-16(14)13-19(18)20(22)23-21(10-6-7-11-21)17-8-4-3-5-9-17;1-3-9-16(2)12-13-18(20)21-19(14-7-8-15-19)17-10-5-4-6-11-17;1-7-8(2)10-5-9(7)6-11(10)12(14)15-4-3-13;2*1-3-4(2)6(8)9-5(3)7;/h14-19H,3-13H2,1-2H3;16-17H,3-15H2,1-2H3;7-11,13H,3-6H2,1-2H3;2*3-4H,1-2H3;1H4. The quantitative estimate of drug-likeness (QED) is 0.104. The predicted octanol–water partition coefficient (Wildman–Crippen LogP) is 13.8. The third-order valence-electron chi connectivity index (χ3n) is 22.0. The Bertz CT molecular complexity index is 1880. The summed E-state index contributed by atoms with van der Waals surface area (Å²) in [6, 6.07) is 0. The van der Waals surface area contributed by atoms with E-state index in [0.717, 1.165) is 68.6 Å². The molecule has 0 amide bonds. The van der Waals surface area contributed by atoms with Gasteiger partial charge in [-0.15, -0.1) is 0 Å². The molecule has 1 N–H and O–H groups in total. The van der Waals surface area contributed by atoms with E-state index in [1.54, 1.807) is 27.7 Å². The van der Waals surface area contributed by atoms with Crippen LogP contribution in [0.1, 0.15) is 244 Å². The topological polar surface area (TPSA) is 186 Å². The van der Waals surface area contributed by atoms with Crippen molar-refractivity contribution in [1.82, 2.24) is 0 Å². The second-order valence-electron chi connectivity index (χ2n) is 26.5. The van der Waals surface area contributed by atoms with Crippen LogP contribution in [-0.2, 0) is 57.2 Å². The molecule has 13 heteroatoms. The molecule has 8 saturated carbocycles. The zero-order valence-corrected chi connectivity index (χ0v) is 49.5.